The summed E-state index contributed by atoms with van der Waals surface area (Å²) in [6, 6.07) is 4.15. The van der Waals surface area contributed by atoms with Crippen LogP contribution in [-0.4, -0.2) is 0 Å². The Balaban J connectivity index is 3.41. The fourth-order valence-corrected chi connectivity index (χ4v) is 1.74. The van der Waals surface area contributed by atoms with Crippen molar-refractivity contribution >= 4 is 15.9 Å². The highest BCUT2D eigenvalue weighted by molar-refractivity contribution is 9.08. The fraction of sp³-hybridized carbons (Fsp3) is 0.300. The summed E-state index contributed by atoms with van der Waals surface area (Å²) in [6.45, 7) is 1.35. The third-order valence-electron chi connectivity index (χ3n) is 2.02. The topological polar surface area (TPSA) is 23.8 Å². The summed E-state index contributed by atoms with van der Waals surface area (Å²) < 4.78 is 37.5. The highest BCUT2D eigenvalue weighted by Gasteiger charge is 2.32. The van der Waals surface area contributed by atoms with E-state index in [-0.39, 0.29) is 16.5 Å². The molecule has 1 aromatic carbocycles. The van der Waals surface area contributed by atoms with Crippen molar-refractivity contribution < 1.29 is 13.2 Å². The number of rotatable bonds is 1. The molecule has 1 rings (SSSR count). The molecule has 0 aliphatic heterocycles. The molecule has 0 radical (unpaired) electrons. The summed E-state index contributed by atoms with van der Waals surface area (Å²) in [5.74, 6) is 0. The second kappa shape index (κ2) is 4.23. The number of benzene rings is 1. The van der Waals surface area contributed by atoms with E-state index in [1.54, 1.807) is 0 Å². The number of halogens is 4. The van der Waals surface area contributed by atoms with E-state index in [1.807, 2.05) is 6.07 Å². The standard InChI is InChI=1S/C10H7BrF3N/c1-6-2-8(5-15)7(4-11)3-9(6)10(12,13)14/h2-3H,4H2,1H3. The molecule has 0 atom stereocenters. The first-order valence-corrected chi connectivity index (χ1v) is 5.19. The van der Waals surface area contributed by atoms with Gasteiger partial charge in [0, 0.05) is 5.33 Å². The molecule has 1 nitrogen and oxygen atoms in total. The van der Waals surface area contributed by atoms with Gasteiger partial charge in [-0.2, -0.15) is 18.4 Å². The van der Waals surface area contributed by atoms with Gasteiger partial charge in [0.2, 0.25) is 0 Å². The molecular formula is C10H7BrF3N. The largest absolute Gasteiger partial charge is 0.416 e. The van der Waals surface area contributed by atoms with Gasteiger partial charge in [0.05, 0.1) is 17.2 Å². The summed E-state index contributed by atoms with van der Waals surface area (Å²) in [4.78, 5) is 0. The van der Waals surface area contributed by atoms with Crippen molar-refractivity contribution in [1.29, 1.82) is 5.26 Å². The van der Waals surface area contributed by atoms with E-state index < -0.39 is 11.7 Å². The Morgan fingerprint density at radius 1 is 1.40 bits per heavy atom. The lowest BCUT2D eigenvalue weighted by molar-refractivity contribution is -0.138. The molecule has 0 unspecified atom stereocenters. The lowest BCUT2D eigenvalue weighted by Gasteiger charge is -2.12. The third-order valence-corrected chi connectivity index (χ3v) is 2.62. The molecular weight excluding hydrogens is 271 g/mol. The summed E-state index contributed by atoms with van der Waals surface area (Å²) in [6.07, 6.45) is -4.37. The predicted molar refractivity (Wildman–Crippen MR) is 53.5 cm³/mol. The average Bonchev–Trinajstić information content (AvgIpc) is 2.15. The van der Waals surface area contributed by atoms with Crippen LogP contribution in [0.15, 0.2) is 12.1 Å². The van der Waals surface area contributed by atoms with E-state index in [1.165, 1.54) is 13.0 Å². The first-order chi connectivity index (χ1) is 6.90. The third kappa shape index (κ3) is 2.51. The van der Waals surface area contributed by atoms with Crippen LogP contribution in [0, 0.1) is 18.3 Å². The van der Waals surface area contributed by atoms with Crippen LogP contribution in [0.4, 0.5) is 13.2 Å². The summed E-state index contributed by atoms with van der Waals surface area (Å²) in [5, 5.41) is 8.95. The fourth-order valence-electron chi connectivity index (χ4n) is 1.27. The molecule has 0 amide bonds. The molecule has 15 heavy (non-hydrogen) atoms. The summed E-state index contributed by atoms with van der Waals surface area (Å²) >= 11 is 3.06. The summed E-state index contributed by atoms with van der Waals surface area (Å²) in [5.41, 5.74) is 0.0208. The molecule has 0 fully saturated rings. The van der Waals surface area contributed by atoms with Crippen LogP contribution in [0.5, 0.6) is 0 Å². The van der Waals surface area contributed by atoms with E-state index >= 15 is 0 Å². The van der Waals surface area contributed by atoms with Crippen molar-refractivity contribution in [2.45, 2.75) is 18.4 Å². The molecule has 1 aromatic rings. The van der Waals surface area contributed by atoms with Crippen molar-refractivity contribution in [3.63, 3.8) is 0 Å². The zero-order valence-electron chi connectivity index (χ0n) is 7.82. The highest BCUT2D eigenvalue weighted by Crippen LogP contribution is 2.33. The molecule has 0 N–H and O–H groups in total. The summed E-state index contributed by atoms with van der Waals surface area (Å²) in [7, 11) is 0. The van der Waals surface area contributed by atoms with Gasteiger partial charge < -0.3 is 0 Å². The molecule has 0 bridgehead atoms. The van der Waals surface area contributed by atoms with Crippen LogP contribution < -0.4 is 0 Å². The Bertz CT molecular complexity index is 418. The van der Waals surface area contributed by atoms with Gasteiger partial charge in [-0.1, -0.05) is 15.9 Å². The molecule has 80 valence electrons. The van der Waals surface area contributed by atoms with Gasteiger partial charge in [0.25, 0.3) is 0 Å². The second-order valence-corrected chi connectivity index (χ2v) is 3.63. The normalized spacial score (nSPS) is 11.2. The molecule has 0 aliphatic carbocycles. The smallest absolute Gasteiger partial charge is 0.192 e. The Kier molecular flexibility index (Phi) is 3.40. The van der Waals surface area contributed by atoms with E-state index in [4.69, 9.17) is 5.26 Å². The monoisotopic (exact) mass is 277 g/mol. The van der Waals surface area contributed by atoms with E-state index in [2.05, 4.69) is 15.9 Å². The van der Waals surface area contributed by atoms with Gasteiger partial charge in [0.1, 0.15) is 0 Å². The maximum atomic E-state index is 12.5. The molecule has 0 spiro atoms. The molecule has 0 aliphatic rings. The Morgan fingerprint density at radius 3 is 2.40 bits per heavy atom. The minimum Gasteiger partial charge on any atom is -0.192 e. The number of alkyl halides is 4. The highest BCUT2D eigenvalue weighted by atomic mass is 79.9. The SMILES string of the molecule is Cc1cc(C#N)c(CBr)cc1C(F)(F)F. The van der Waals surface area contributed by atoms with Crippen molar-refractivity contribution in [2.75, 3.05) is 0 Å². The van der Waals surface area contributed by atoms with Gasteiger partial charge in [-0.05, 0) is 30.2 Å². The van der Waals surface area contributed by atoms with Crippen molar-refractivity contribution in [3.05, 3.63) is 34.4 Å². The number of hydrogen-bond acceptors (Lipinski definition) is 1. The maximum Gasteiger partial charge on any atom is 0.416 e. The van der Waals surface area contributed by atoms with Gasteiger partial charge in [-0.15, -0.1) is 0 Å². The number of hydrogen-bond donors (Lipinski definition) is 0. The van der Waals surface area contributed by atoms with Gasteiger partial charge in [-0.25, -0.2) is 0 Å². The number of nitrogens with zero attached hydrogens (tertiary/aromatic N) is 1. The first kappa shape index (κ1) is 12.1. The Labute approximate surface area is 93.6 Å². The van der Waals surface area contributed by atoms with Crippen molar-refractivity contribution in [3.8, 4) is 6.07 Å². The predicted octanol–water partition coefficient (Wildman–Crippen LogP) is 3.78. The Morgan fingerprint density at radius 2 is 2.00 bits per heavy atom. The first-order valence-electron chi connectivity index (χ1n) is 4.07. The quantitative estimate of drug-likeness (QED) is 0.717. The second-order valence-electron chi connectivity index (χ2n) is 3.07. The van der Waals surface area contributed by atoms with Crippen LogP contribution >= 0.6 is 15.9 Å². The van der Waals surface area contributed by atoms with Gasteiger partial charge >= 0.3 is 6.18 Å². The number of aryl methyl sites for hydroxylation is 1. The van der Waals surface area contributed by atoms with E-state index in [0.717, 1.165) is 6.07 Å². The molecule has 0 aromatic heterocycles. The van der Waals surface area contributed by atoms with Crippen LogP contribution in [0.1, 0.15) is 22.3 Å². The van der Waals surface area contributed by atoms with Crippen LogP contribution in [0.25, 0.3) is 0 Å². The minimum atomic E-state index is -4.37. The molecule has 0 heterocycles. The van der Waals surface area contributed by atoms with Crippen molar-refractivity contribution in [1.82, 2.24) is 0 Å². The molecule has 0 saturated heterocycles. The number of nitriles is 1. The van der Waals surface area contributed by atoms with E-state index in [0.29, 0.717) is 5.56 Å². The van der Waals surface area contributed by atoms with Crippen molar-refractivity contribution in [2.24, 2.45) is 0 Å². The molecule has 5 heteroatoms. The zero-order valence-corrected chi connectivity index (χ0v) is 9.41. The Hall–Kier alpha value is -1.02. The van der Waals surface area contributed by atoms with Crippen LogP contribution in [0.2, 0.25) is 0 Å². The minimum absolute atomic E-state index is 0.0729. The van der Waals surface area contributed by atoms with Gasteiger partial charge in [0.15, 0.2) is 0 Å². The van der Waals surface area contributed by atoms with E-state index in [9.17, 15) is 13.2 Å². The lowest BCUT2D eigenvalue weighted by atomic mass is 10.0. The molecule has 0 saturated carbocycles. The zero-order chi connectivity index (χ0) is 11.6. The lowest BCUT2D eigenvalue weighted by Crippen LogP contribution is -2.08. The van der Waals surface area contributed by atoms with Crippen LogP contribution in [-0.2, 0) is 11.5 Å². The van der Waals surface area contributed by atoms with Gasteiger partial charge in [-0.3, -0.25) is 0 Å². The van der Waals surface area contributed by atoms with Crippen LogP contribution in [0.3, 0.4) is 0 Å². The maximum absolute atomic E-state index is 12.5. The average molecular weight is 278 g/mol.